The zero-order valence-corrected chi connectivity index (χ0v) is 18.4. The van der Waals surface area contributed by atoms with E-state index >= 15 is 0 Å². The van der Waals surface area contributed by atoms with E-state index in [1.165, 1.54) is 22.6 Å². The number of aromatic carboxylic acids is 1. The molecule has 4 aromatic rings. The van der Waals surface area contributed by atoms with Crippen LogP contribution in [0.25, 0.3) is 5.65 Å². The number of fused-ring (bicyclic) bond motifs is 1. The molecule has 34 heavy (non-hydrogen) atoms. The molecule has 2 aromatic heterocycles. The molecule has 2 N–H and O–H groups in total. The molecule has 0 bridgehead atoms. The number of imidazole rings is 1. The fourth-order valence-corrected chi connectivity index (χ4v) is 3.65. The maximum Gasteiger partial charge on any atom is 0.335 e. The molecular formula is C25H21F2N3O4. The van der Waals surface area contributed by atoms with Crippen LogP contribution in [0.4, 0.5) is 8.78 Å². The van der Waals surface area contributed by atoms with Crippen molar-refractivity contribution >= 4 is 17.5 Å². The highest BCUT2D eigenvalue weighted by molar-refractivity contribution is 5.95. The van der Waals surface area contributed by atoms with Crippen molar-refractivity contribution < 1.29 is 28.2 Å². The summed E-state index contributed by atoms with van der Waals surface area (Å²) >= 11 is 0. The van der Waals surface area contributed by atoms with Gasteiger partial charge in [-0.05, 0) is 55.8 Å². The fourth-order valence-electron chi connectivity index (χ4n) is 3.65. The number of carboxylic acids is 1. The van der Waals surface area contributed by atoms with Gasteiger partial charge in [0.15, 0.2) is 11.4 Å². The number of aryl methyl sites for hydroxylation is 1. The van der Waals surface area contributed by atoms with Gasteiger partial charge in [-0.3, -0.25) is 9.20 Å². The van der Waals surface area contributed by atoms with Crippen LogP contribution in [0.3, 0.4) is 0 Å². The molecule has 9 heteroatoms. The normalized spacial score (nSPS) is 11.9. The summed E-state index contributed by atoms with van der Waals surface area (Å²) in [6, 6.07) is 12.7. The van der Waals surface area contributed by atoms with Crippen molar-refractivity contribution in [2.45, 2.75) is 26.5 Å². The van der Waals surface area contributed by atoms with Crippen LogP contribution in [0.1, 0.15) is 50.6 Å². The number of benzene rings is 2. The molecule has 1 atom stereocenters. The van der Waals surface area contributed by atoms with Crippen LogP contribution in [0.15, 0.2) is 60.8 Å². The lowest BCUT2D eigenvalue weighted by Gasteiger charge is -2.15. The lowest BCUT2D eigenvalue weighted by molar-refractivity contribution is 0.0696. The molecule has 1 amide bonds. The van der Waals surface area contributed by atoms with E-state index in [-0.39, 0.29) is 29.2 Å². The molecule has 7 nitrogen and oxygen atoms in total. The van der Waals surface area contributed by atoms with Crippen molar-refractivity contribution in [1.29, 1.82) is 0 Å². The van der Waals surface area contributed by atoms with Crippen molar-refractivity contribution in [2.75, 3.05) is 0 Å². The molecule has 0 unspecified atom stereocenters. The van der Waals surface area contributed by atoms with E-state index in [9.17, 15) is 23.5 Å². The topological polar surface area (TPSA) is 92.9 Å². The molecule has 174 valence electrons. The Kier molecular flexibility index (Phi) is 6.27. The van der Waals surface area contributed by atoms with Crippen LogP contribution < -0.4 is 10.1 Å². The summed E-state index contributed by atoms with van der Waals surface area (Å²) in [5.41, 5.74) is 1.56. The van der Waals surface area contributed by atoms with Crippen LogP contribution in [0.2, 0.25) is 0 Å². The van der Waals surface area contributed by atoms with Gasteiger partial charge in [0.05, 0.1) is 22.9 Å². The molecule has 4 rings (SSSR count). The zero-order chi connectivity index (χ0) is 24.4. The summed E-state index contributed by atoms with van der Waals surface area (Å²) in [5.74, 6) is -2.65. The van der Waals surface area contributed by atoms with Crippen LogP contribution in [-0.4, -0.2) is 26.4 Å². The summed E-state index contributed by atoms with van der Waals surface area (Å²) in [4.78, 5) is 28.8. The van der Waals surface area contributed by atoms with Crippen molar-refractivity contribution in [3.05, 3.63) is 101 Å². The largest absolute Gasteiger partial charge is 0.485 e. The van der Waals surface area contributed by atoms with Gasteiger partial charge >= 0.3 is 5.97 Å². The molecule has 0 aliphatic carbocycles. The maximum atomic E-state index is 13.9. The molecule has 0 saturated heterocycles. The minimum absolute atomic E-state index is 0.123. The Labute approximate surface area is 193 Å². The fraction of sp³-hybridized carbons (Fsp3) is 0.160. The van der Waals surface area contributed by atoms with Gasteiger partial charge in [-0.25, -0.2) is 18.6 Å². The molecule has 0 aliphatic heterocycles. The minimum atomic E-state index is -1.05. The number of nitrogens with zero attached hydrogens (tertiary/aromatic N) is 2. The van der Waals surface area contributed by atoms with Gasteiger partial charge in [0.2, 0.25) is 0 Å². The van der Waals surface area contributed by atoms with Crippen molar-refractivity contribution in [2.24, 2.45) is 0 Å². The van der Waals surface area contributed by atoms with Gasteiger partial charge in [-0.1, -0.05) is 18.2 Å². The highest BCUT2D eigenvalue weighted by Crippen LogP contribution is 2.25. The van der Waals surface area contributed by atoms with Gasteiger partial charge in [0.1, 0.15) is 23.9 Å². The first-order valence-corrected chi connectivity index (χ1v) is 10.4. The van der Waals surface area contributed by atoms with Crippen LogP contribution in [0.5, 0.6) is 5.75 Å². The molecule has 0 saturated carbocycles. The Hall–Kier alpha value is -4.27. The minimum Gasteiger partial charge on any atom is -0.485 e. The number of nitrogens with one attached hydrogen (secondary N) is 1. The second-order valence-electron chi connectivity index (χ2n) is 7.73. The first kappa shape index (κ1) is 22.9. The first-order valence-electron chi connectivity index (χ1n) is 10.4. The summed E-state index contributed by atoms with van der Waals surface area (Å²) < 4.78 is 35.1. The Morgan fingerprint density at radius 3 is 2.53 bits per heavy atom. The number of hydrogen-bond donors (Lipinski definition) is 2. The number of halogens is 2. The molecule has 0 fully saturated rings. The van der Waals surface area contributed by atoms with Crippen molar-refractivity contribution in [1.82, 2.24) is 14.7 Å². The molecule has 0 aliphatic rings. The number of carbonyl (C=O) groups excluding carboxylic acids is 1. The predicted molar refractivity (Wildman–Crippen MR) is 120 cm³/mol. The molecule has 0 radical (unpaired) electrons. The first-order chi connectivity index (χ1) is 16.3. The third kappa shape index (κ3) is 4.45. The maximum absolute atomic E-state index is 13.9. The average molecular weight is 465 g/mol. The standard InChI is InChI=1S/C25H21F2N3O4/c1-14(16-6-3-7-17(12-16)25(32)33)29-24(31)22-15(2)28-23-21(10-5-11-30(22)23)34-13-18-19(26)8-4-9-20(18)27/h3-12,14H,13H2,1-2H3,(H,29,31)(H,32,33)/t14-/m0/s1. The number of hydrogen-bond acceptors (Lipinski definition) is 4. The molecule has 2 aromatic carbocycles. The van der Waals surface area contributed by atoms with E-state index in [0.717, 1.165) is 12.1 Å². The second kappa shape index (κ2) is 9.30. The average Bonchev–Trinajstić information content (AvgIpc) is 3.15. The van der Waals surface area contributed by atoms with E-state index in [1.54, 1.807) is 44.3 Å². The van der Waals surface area contributed by atoms with Gasteiger partial charge in [-0.2, -0.15) is 0 Å². The third-order valence-electron chi connectivity index (χ3n) is 5.42. The summed E-state index contributed by atoms with van der Waals surface area (Å²) in [6.07, 6.45) is 1.64. The summed E-state index contributed by atoms with van der Waals surface area (Å²) in [7, 11) is 0. The molecular weight excluding hydrogens is 444 g/mol. The smallest absolute Gasteiger partial charge is 0.335 e. The van der Waals surface area contributed by atoms with Gasteiger partial charge in [0.25, 0.3) is 5.91 Å². The highest BCUT2D eigenvalue weighted by atomic mass is 19.1. The van der Waals surface area contributed by atoms with Gasteiger partial charge in [-0.15, -0.1) is 0 Å². The van der Waals surface area contributed by atoms with Crippen LogP contribution in [-0.2, 0) is 6.61 Å². The Morgan fingerprint density at radius 2 is 1.82 bits per heavy atom. The lowest BCUT2D eigenvalue weighted by atomic mass is 10.0. The quantitative estimate of drug-likeness (QED) is 0.413. The number of carboxylic acid groups (broad SMARTS) is 1. The van der Waals surface area contributed by atoms with Crippen LogP contribution >= 0.6 is 0 Å². The second-order valence-corrected chi connectivity index (χ2v) is 7.73. The Balaban J connectivity index is 1.59. The highest BCUT2D eigenvalue weighted by Gasteiger charge is 2.21. The van der Waals surface area contributed by atoms with E-state index in [0.29, 0.717) is 16.9 Å². The van der Waals surface area contributed by atoms with Gasteiger partial charge < -0.3 is 15.2 Å². The number of carbonyl (C=O) groups is 2. The molecule has 2 heterocycles. The number of pyridine rings is 1. The Morgan fingerprint density at radius 1 is 1.12 bits per heavy atom. The van der Waals surface area contributed by atoms with E-state index in [4.69, 9.17) is 4.74 Å². The molecule has 0 spiro atoms. The summed E-state index contributed by atoms with van der Waals surface area (Å²) in [6.45, 7) is 3.06. The number of rotatable bonds is 7. The SMILES string of the molecule is Cc1nc2c(OCc3c(F)cccc3F)cccn2c1C(=O)N[C@@H](C)c1cccc(C(=O)O)c1. The Bertz CT molecular complexity index is 1380. The van der Waals surface area contributed by atoms with E-state index in [2.05, 4.69) is 10.3 Å². The third-order valence-corrected chi connectivity index (χ3v) is 5.42. The van der Waals surface area contributed by atoms with Crippen molar-refractivity contribution in [3.63, 3.8) is 0 Å². The predicted octanol–water partition coefficient (Wildman–Crippen LogP) is 4.69. The zero-order valence-electron chi connectivity index (χ0n) is 18.4. The van der Waals surface area contributed by atoms with Crippen LogP contribution in [0, 0.1) is 18.6 Å². The monoisotopic (exact) mass is 465 g/mol. The van der Waals surface area contributed by atoms with E-state index in [1.807, 2.05) is 0 Å². The van der Waals surface area contributed by atoms with Gasteiger partial charge in [0, 0.05) is 6.20 Å². The lowest BCUT2D eigenvalue weighted by Crippen LogP contribution is -2.28. The van der Waals surface area contributed by atoms with E-state index < -0.39 is 29.6 Å². The summed E-state index contributed by atoms with van der Waals surface area (Å²) in [5, 5.41) is 12.1. The number of ether oxygens (including phenoxy) is 1. The number of amides is 1. The van der Waals surface area contributed by atoms with Crippen molar-refractivity contribution in [3.8, 4) is 5.75 Å². The number of aromatic nitrogens is 2.